The summed E-state index contributed by atoms with van der Waals surface area (Å²) < 4.78 is 20.6. The third kappa shape index (κ3) is 3.40. The maximum absolute atomic E-state index is 13.8. The summed E-state index contributed by atoms with van der Waals surface area (Å²) in [6.45, 7) is 4.73. The molecule has 0 aliphatic rings. The van der Waals surface area contributed by atoms with Crippen LogP contribution in [0.25, 0.3) is 0 Å². The number of nitrogens with two attached hydrogens (primary N) is 1. The molecule has 5 nitrogen and oxygen atoms in total. The lowest BCUT2D eigenvalue weighted by atomic mass is 10.0. The number of hydrogen-bond acceptors (Lipinski definition) is 4. The zero-order chi connectivity index (χ0) is 15.4. The van der Waals surface area contributed by atoms with Crippen molar-refractivity contribution in [3.63, 3.8) is 0 Å². The van der Waals surface area contributed by atoms with Crippen molar-refractivity contribution in [2.75, 3.05) is 7.11 Å². The number of methoxy groups -OCH3 is 1. The van der Waals surface area contributed by atoms with Crippen molar-refractivity contribution in [2.24, 2.45) is 5.84 Å². The summed E-state index contributed by atoms with van der Waals surface area (Å²) in [5.41, 5.74) is 5.57. The highest BCUT2D eigenvalue weighted by atomic mass is 19.1. The van der Waals surface area contributed by atoms with Crippen LogP contribution in [-0.4, -0.2) is 16.9 Å². The Labute approximate surface area is 123 Å². The summed E-state index contributed by atoms with van der Waals surface area (Å²) in [7, 11) is 1.45. The first-order valence-electron chi connectivity index (χ1n) is 6.92. The van der Waals surface area contributed by atoms with Gasteiger partial charge in [-0.05, 0) is 44.0 Å². The Balaban J connectivity index is 2.24. The normalized spacial score (nSPS) is 12.4. The number of nitrogens with zero attached hydrogens (tertiary/aromatic N) is 2. The summed E-state index contributed by atoms with van der Waals surface area (Å²) in [5, 5.41) is 4.41. The van der Waals surface area contributed by atoms with Gasteiger partial charge in [0.25, 0.3) is 0 Å². The largest absolute Gasteiger partial charge is 0.494 e. The number of aromatic nitrogens is 2. The highest BCUT2D eigenvalue weighted by Crippen LogP contribution is 2.23. The first-order valence-corrected chi connectivity index (χ1v) is 6.92. The van der Waals surface area contributed by atoms with E-state index in [4.69, 9.17) is 10.6 Å². The average Bonchev–Trinajstić information content (AvgIpc) is 2.86. The van der Waals surface area contributed by atoms with E-state index < -0.39 is 0 Å². The van der Waals surface area contributed by atoms with Gasteiger partial charge in [-0.2, -0.15) is 5.10 Å². The van der Waals surface area contributed by atoms with E-state index in [1.807, 2.05) is 30.7 Å². The van der Waals surface area contributed by atoms with Crippen molar-refractivity contribution in [3.05, 3.63) is 47.0 Å². The van der Waals surface area contributed by atoms with Gasteiger partial charge in [-0.1, -0.05) is 6.07 Å². The lowest BCUT2D eigenvalue weighted by Crippen LogP contribution is -2.31. The summed E-state index contributed by atoms with van der Waals surface area (Å²) in [6.07, 6.45) is 0.572. The number of hydrazine groups is 1. The second-order valence-electron chi connectivity index (χ2n) is 4.92. The Hall–Kier alpha value is -1.92. The molecule has 0 aliphatic carbocycles. The zero-order valence-electron chi connectivity index (χ0n) is 12.6. The molecule has 1 atom stereocenters. The first kappa shape index (κ1) is 15.5. The minimum Gasteiger partial charge on any atom is -0.494 e. The Morgan fingerprint density at radius 2 is 2.19 bits per heavy atom. The fraction of sp³-hybridized carbons (Fsp3) is 0.400. The minimum atomic E-state index is -0.369. The molecule has 1 heterocycles. The minimum absolute atomic E-state index is 0.126. The fourth-order valence-corrected chi connectivity index (χ4v) is 2.42. The second kappa shape index (κ2) is 6.69. The van der Waals surface area contributed by atoms with E-state index >= 15 is 0 Å². The molecule has 0 saturated heterocycles. The number of ether oxygens (including phenoxy) is 1. The molecular formula is C15H21FN4O. The van der Waals surface area contributed by atoms with Gasteiger partial charge in [0.05, 0.1) is 24.5 Å². The molecule has 1 aromatic carbocycles. The molecule has 0 amide bonds. The zero-order valence-corrected chi connectivity index (χ0v) is 12.6. The molecule has 114 valence electrons. The molecule has 3 N–H and O–H groups in total. The van der Waals surface area contributed by atoms with Crippen molar-refractivity contribution in [3.8, 4) is 5.75 Å². The molecular weight excluding hydrogens is 271 g/mol. The van der Waals surface area contributed by atoms with Crippen molar-refractivity contribution in [1.29, 1.82) is 0 Å². The lowest BCUT2D eigenvalue weighted by molar-refractivity contribution is 0.385. The van der Waals surface area contributed by atoms with E-state index in [0.717, 1.165) is 23.5 Å². The third-order valence-corrected chi connectivity index (χ3v) is 3.45. The van der Waals surface area contributed by atoms with Gasteiger partial charge in [0, 0.05) is 6.54 Å². The predicted octanol–water partition coefficient (Wildman–Crippen LogP) is 2.11. The monoisotopic (exact) mass is 292 g/mol. The molecule has 2 aromatic rings. The van der Waals surface area contributed by atoms with Crippen LogP contribution in [0.3, 0.4) is 0 Å². The maximum atomic E-state index is 13.8. The molecule has 6 heteroatoms. The van der Waals surface area contributed by atoms with E-state index in [2.05, 4.69) is 10.5 Å². The van der Waals surface area contributed by atoms with Gasteiger partial charge in [-0.25, -0.2) is 4.39 Å². The number of rotatable bonds is 6. The van der Waals surface area contributed by atoms with E-state index in [1.165, 1.54) is 13.2 Å². The van der Waals surface area contributed by atoms with Crippen LogP contribution >= 0.6 is 0 Å². The molecule has 0 fully saturated rings. The summed E-state index contributed by atoms with van der Waals surface area (Å²) in [6, 6.07) is 6.81. The van der Waals surface area contributed by atoms with E-state index in [1.54, 1.807) is 6.07 Å². The number of aryl methyl sites for hydroxylation is 2. The molecule has 2 rings (SSSR count). The lowest BCUT2D eigenvalue weighted by Gasteiger charge is -2.17. The number of benzene rings is 1. The van der Waals surface area contributed by atoms with Crippen molar-refractivity contribution >= 4 is 0 Å². The smallest absolute Gasteiger partial charge is 0.165 e. The average molecular weight is 292 g/mol. The number of halogens is 1. The summed E-state index contributed by atoms with van der Waals surface area (Å²) in [5.74, 6) is 5.54. The molecule has 21 heavy (non-hydrogen) atoms. The van der Waals surface area contributed by atoms with Gasteiger partial charge < -0.3 is 4.74 Å². The van der Waals surface area contributed by atoms with Crippen LogP contribution in [0.1, 0.15) is 29.9 Å². The highest BCUT2D eigenvalue weighted by Gasteiger charge is 2.17. The van der Waals surface area contributed by atoms with Crippen molar-refractivity contribution in [2.45, 2.75) is 32.9 Å². The van der Waals surface area contributed by atoms with Crippen LogP contribution in [0, 0.1) is 12.7 Å². The van der Waals surface area contributed by atoms with Crippen LogP contribution in [0.2, 0.25) is 0 Å². The van der Waals surface area contributed by atoms with Gasteiger partial charge in [-0.15, -0.1) is 0 Å². The molecule has 0 bridgehead atoms. The molecule has 0 spiro atoms. The van der Waals surface area contributed by atoms with Gasteiger partial charge in [-0.3, -0.25) is 16.0 Å². The van der Waals surface area contributed by atoms with Crippen LogP contribution in [-0.2, 0) is 13.0 Å². The molecule has 0 aliphatic heterocycles. The Morgan fingerprint density at radius 3 is 2.76 bits per heavy atom. The molecule has 1 unspecified atom stereocenters. The molecule has 0 radical (unpaired) electrons. The standard InChI is InChI=1S/C15H21FN4O/c1-4-20-14(7-10(2)19-20)13(18-17)9-11-5-6-15(21-3)12(16)8-11/h5-8,13,18H,4,9,17H2,1-3H3. The Morgan fingerprint density at radius 1 is 1.43 bits per heavy atom. The van der Waals surface area contributed by atoms with E-state index in [9.17, 15) is 4.39 Å². The van der Waals surface area contributed by atoms with Crippen molar-refractivity contribution in [1.82, 2.24) is 15.2 Å². The predicted molar refractivity (Wildman–Crippen MR) is 79.4 cm³/mol. The topological polar surface area (TPSA) is 65.1 Å². The van der Waals surface area contributed by atoms with Gasteiger partial charge >= 0.3 is 0 Å². The number of hydrogen-bond donors (Lipinski definition) is 2. The van der Waals surface area contributed by atoms with Crippen LogP contribution in [0.4, 0.5) is 4.39 Å². The Bertz CT molecular complexity index is 612. The molecule has 1 aromatic heterocycles. The van der Waals surface area contributed by atoms with Crippen LogP contribution in [0.15, 0.2) is 24.3 Å². The van der Waals surface area contributed by atoms with E-state index in [-0.39, 0.29) is 17.6 Å². The van der Waals surface area contributed by atoms with Gasteiger partial charge in [0.1, 0.15) is 0 Å². The first-order chi connectivity index (χ1) is 10.1. The SMILES string of the molecule is CCn1nc(C)cc1C(Cc1ccc(OC)c(F)c1)NN. The maximum Gasteiger partial charge on any atom is 0.165 e. The molecule has 0 saturated carbocycles. The van der Waals surface area contributed by atoms with Crippen molar-refractivity contribution < 1.29 is 9.13 Å². The summed E-state index contributed by atoms with van der Waals surface area (Å²) >= 11 is 0. The van der Waals surface area contributed by atoms with Crippen LogP contribution < -0.4 is 16.0 Å². The van der Waals surface area contributed by atoms with E-state index in [0.29, 0.717) is 6.42 Å². The fourth-order valence-electron chi connectivity index (χ4n) is 2.42. The Kier molecular flexibility index (Phi) is 4.93. The highest BCUT2D eigenvalue weighted by molar-refractivity contribution is 5.30. The third-order valence-electron chi connectivity index (χ3n) is 3.45. The summed E-state index contributed by atoms with van der Waals surface area (Å²) in [4.78, 5) is 0. The van der Waals surface area contributed by atoms with Gasteiger partial charge in [0.15, 0.2) is 11.6 Å². The van der Waals surface area contributed by atoms with Crippen LogP contribution in [0.5, 0.6) is 5.75 Å². The van der Waals surface area contributed by atoms with Gasteiger partial charge in [0.2, 0.25) is 0 Å². The number of nitrogens with one attached hydrogen (secondary N) is 1. The quantitative estimate of drug-likeness (QED) is 0.632. The second-order valence-corrected chi connectivity index (χ2v) is 4.92.